The molecule has 0 radical (unpaired) electrons. The number of ether oxygens (including phenoxy) is 1. The molecule has 1 saturated carbocycles. The molecule has 14 heavy (non-hydrogen) atoms. The van der Waals surface area contributed by atoms with Crippen LogP contribution in [0.25, 0.3) is 0 Å². The third-order valence-electron chi connectivity index (χ3n) is 2.62. The monoisotopic (exact) mass is 203 g/mol. The van der Waals surface area contributed by atoms with Crippen LogP contribution in [0.5, 0.6) is 0 Å². The summed E-state index contributed by atoms with van der Waals surface area (Å²) in [6.07, 6.45) is 3.21. The van der Waals surface area contributed by atoms with E-state index in [2.05, 4.69) is 19.2 Å². The molecule has 0 heterocycles. The minimum absolute atomic E-state index is 0.139. The van der Waals surface area contributed by atoms with E-state index in [1.54, 1.807) is 0 Å². The van der Waals surface area contributed by atoms with Crippen LogP contribution in [0, 0.1) is 0 Å². The Bertz CT molecular complexity index is 135. The molecule has 3 heteroatoms. The van der Waals surface area contributed by atoms with Gasteiger partial charge in [0, 0.05) is 12.1 Å². The zero-order valence-electron chi connectivity index (χ0n) is 9.42. The van der Waals surface area contributed by atoms with E-state index in [1.165, 1.54) is 6.92 Å². The lowest BCUT2D eigenvalue weighted by Crippen LogP contribution is -2.39. The van der Waals surface area contributed by atoms with Gasteiger partial charge in [0.05, 0.1) is 6.10 Å². The standard InChI is InChI=1S/C11H22FNO/c1-8(2)13-10-4-6-11(7-5-10)14-9(3)12/h8-11,13H,4-7H2,1-3H3/t9?,10-,11-. The van der Waals surface area contributed by atoms with Crippen molar-refractivity contribution < 1.29 is 9.13 Å². The quantitative estimate of drug-likeness (QED) is 0.758. The summed E-state index contributed by atoms with van der Waals surface area (Å²) in [5, 5.41) is 3.51. The van der Waals surface area contributed by atoms with Gasteiger partial charge in [-0.15, -0.1) is 0 Å². The van der Waals surface area contributed by atoms with E-state index < -0.39 is 6.36 Å². The second kappa shape index (κ2) is 5.66. The van der Waals surface area contributed by atoms with Crippen LogP contribution in [0.2, 0.25) is 0 Å². The summed E-state index contributed by atoms with van der Waals surface area (Å²) in [4.78, 5) is 0. The van der Waals surface area contributed by atoms with Crippen LogP contribution in [0.3, 0.4) is 0 Å². The maximum Gasteiger partial charge on any atom is 0.196 e. The molecule has 0 bridgehead atoms. The molecule has 1 aliphatic rings. The fraction of sp³-hybridized carbons (Fsp3) is 1.00. The van der Waals surface area contributed by atoms with E-state index in [-0.39, 0.29) is 6.10 Å². The van der Waals surface area contributed by atoms with Crippen molar-refractivity contribution in [3.63, 3.8) is 0 Å². The van der Waals surface area contributed by atoms with Gasteiger partial charge in [-0.2, -0.15) is 0 Å². The Morgan fingerprint density at radius 1 is 1.14 bits per heavy atom. The SMILES string of the molecule is CC(C)N[C@H]1CC[C@H](OC(C)F)CC1. The first kappa shape index (κ1) is 11.9. The van der Waals surface area contributed by atoms with Crippen molar-refractivity contribution in [2.45, 2.75) is 71.0 Å². The van der Waals surface area contributed by atoms with E-state index >= 15 is 0 Å². The topological polar surface area (TPSA) is 21.3 Å². The average Bonchev–Trinajstić information content (AvgIpc) is 2.06. The summed E-state index contributed by atoms with van der Waals surface area (Å²) in [5.41, 5.74) is 0. The molecule has 1 rings (SSSR count). The van der Waals surface area contributed by atoms with Crippen LogP contribution < -0.4 is 5.32 Å². The number of rotatable bonds is 4. The van der Waals surface area contributed by atoms with Crippen molar-refractivity contribution in [1.82, 2.24) is 5.32 Å². The van der Waals surface area contributed by atoms with Gasteiger partial charge >= 0.3 is 0 Å². The van der Waals surface area contributed by atoms with Gasteiger partial charge in [-0.25, -0.2) is 4.39 Å². The first-order valence-corrected chi connectivity index (χ1v) is 5.63. The normalized spacial score (nSPS) is 30.6. The van der Waals surface area contributed by atoms with Crippen molar-refractivity contribution in [2.24, 2.45) is 0 Å². The molecule has 1 unspecified atom stereocenters. The Hall–Kier alpha value is -0.150. The minimum Gasteiger partial charge on any atom is -0.345 e. The van der Waals surface area contributed by atoms with Crippen molar-refractivity contribution in [3.05, 3.63) is 0 Å². The first-order chi connectivity index (χ1) is 6.58. The fourth-order valence-electron chi connectivity index (χ4n) is 2.10. The van der Waals surface area contributed by atoms with Crippen molar-refractivity contribution >= 4 is 0 Å². The van der Waals surface area contributed by atoms with Crippen molar-refractivity contribution in [1.29, 1.82) is 0 Å². The average molecular weight is 203 g/mol. The van der Waals surface area contributed by atoms with Gasteiger partial charge in [0.25, 0.3) is 0 Å². The third-order valence-corrected chi connectivity index (χ3v) is 2.62. The molecule has 0 spiro atoms. The van der Waals surface area contributed by atoms with E-state index in [0.29, 0.717) is 12.1 Å². The summed E-state index contributed by atoms with van der Waals surface area (Å²) >= 11 is 0. The van der Waals surface area contributed by atoms with Gasteiger partial charge in [-0.1, -0.05) is 13.8 Å². The van der Waals surface area contributed by atoms with Crippen molar-refractivity contribution in [2.75, 3.05) is 0 Å². The molecule has 0 aromatic heterocycles. The van der Waals surface area contributed by atoms with Crippen LogP contribution >= 0.6 is 0 Å². The van der Waals surface area contributed by atoms with E-state index in [9.17, 15) is 4.39 Å². The molecule has 0 aliphatic heterocycles. The molecule has 1 atom stereocenters. The van der Waals surface area contributed by atoms with Crippen LogP contribution in [-0.2, 0) is 4.74 Å². The molecule has 1 N–H and O–H groups in total. The first-order valence-electron chi connectivity index (χ1n) is 5.63. The smallest absolute Gasteiger partial charge is 0.196 e. The van der Waals surface area contributed by atoms with Crippen LogP contribution in [-0.4, -0.2) is 24.5 Å². The number of hydrogen-bond acceptors (Lipinski definition) is 2. The van der Waals surface area contributed by atoms with Crippen molar-refractivity contribution in [3.8, 4) is 0 Å². The van der Waals surface area contributed by atoms with Crippen LogP contribution in [0.4, 0.5) is 4.39 Å². The fourth-order valence-corrected chi connectivity index (χ4v) is 2.10. The lowest BCUT2D eigenvalue weighted by atomic mass is 9.92. The molecule has 1 fully saturated rings. The highest BCUT2D eigenvalue weighted by Gasteiger charge is 2.22. The molecule has 0 amide bonds. The predicted octanol–water partition coefficient (Wildman–Crippen LogP) is 2.63. The number of hydrogen-bond donors (Lipinski definition) is 1. The summed E-state index contributed by atoms with van der Waals surface area (Å²) < 4.78 is 17.7. The maximum atomic E-state index is 12.6. The van der Waals surface area contributed by atoms with E-state index in [1.807, 2.05) is 0 Å². The lowest BCUT2D eigenvalue weighted by Gasteiger charge is -2.30. The number of alkyl halides is 1. The number of nitrogens with one attached hydrogen (secondary N) is 1. The van der Waals surface area contributed by atoms with Gasteiger partial charge in [-0.3, -0.25) is 0 Å². The Kier molecular flexibility index (Phi) is 4.82. The highest BCUT2D eigenvalue weighted by Crippen LogP contribution is 2.22. The van der Waals surface area contributed by atoms with Gasteiger partial charge in [0.15, 0.2) is 6.36 Å². The second-order valence-electron chi connectivity index (χ2n) is 4.47. The molecule has 1 aliphatic carbocycles. The Morgan fingerprint density at radius 3 is 2.14 bits per heavy atom. The highest BCUT2D eigenvalue weighted by molar-refractivity contribution is 4.78. The second-order valence-corrected chi connectivity index (χ2v) is 4.47. The zero-order chi connectivity index (χ0) is 10.6. The molecule has 0 aromatic rings. The molecule has 0 aromatic carbocycles. The van der Waals surface area contributed by atoms with Gasteiger partial charge in [0.1, 0.15) is 0 Å². The minimum atomic E-state index is -1.12. The Balaban J connectivity index is 2.17. The van der Waals surface area contributed by atoms with Crippen LogP contribution in [0.15, 0.2) is 0 Å². The van der Waals surface area contributed by atoms with E-state index in [4.69, 9.17) is 4.74 Å². The zero-order valence-corrected chi connectivity index (χ0v) is 9.42. The molecule has 0 saturated heterocycles. The van der Waals surface area contributed by atoms with Gasteiger partial charge in [-0.05, 0) is 32.6 Å². The Labute approximate surface area is 86.2 Å². The molecular weight excluding hydrogens is 181 g/mol. The summed E-state index contributed by atoms with van der Waals surface area (Å²) in [5.74, 6) is 0. The summed E-state index contributed by atoms with van der Waals surface area (Å²) in [6.45, 7) is 5.77. The lowest BCUT2D eigenvalue weighted by molar-refractivity contribution is -0.0878. The molecule has 2 nitrogen and oxygen atoms in total. The number of halogens is 1. The van der Waals surface area contributed by atoms with Crippen LogP contribution in [0.1, 0.15) is 46.5 Å². The predicted molar refractivity (Wildman–Crippen MR) is 56.0 cm³/mol. The summed E-state index contributed by atoms with van der Waals surface area (Å²) in [7, 11) is 0. The summed E-state index contributed by atoms with van der Waals surface area (Å²) in [6, 6.07) is 1.14. The van der Waals surface area contributed by atoms with E-state index in [0.717, 1.165) is 25.7 Å². The maximum absolute atomic E-state index is 12.6. The molecule has 84 valence electrons. The van der Waals surface area contributed by atoms with Gasteiger partial charge in [0.2, 0.25) is 0 Å². The Morgan fingerprint density at radius 2 is 1.71 bits per heavy atom. The van der Waals surface area contributed by atoms with Gasteiger partial charge < -0.3 is 10.1 Å². The molecular formula is C11H22FNO. The largest absolute Gasteiger partial charge is 0.345 e. The highest BCUT2D eigenvalue weighted by atomic mass is 19.1. The third kappa shape index (κ3) is 4.38.